The molecule has 13 heteroatoms. The second-order valence-corrected chi connectivity index (χ2v) is 14.1. The first-order chi connectivity index (χ1) is 20.6. The molecule has 0 radical (unpaired) electrons. The Bertz CT molecular complexity index is 1270. The summed E-state index contributed by atoms with van der Waals surface area (Å²) in [4.78, 5) is 31.7. The van der Waals surface area contributed by atoms with Gasteiger partial charge in [-0.05, 0) is 81.3 Å². The van der Waals surface area contributed by atoms with Gasteiger partial charge in [-0.25, -0.2) is 0 Å². The van der Waals surface area contributed by atoms with Crippen molar-refractivity contribution in [3.05, 3.63) is 18.2 Å². The van der Waals surface area contributed by atoms with E-state index in [9.17, 15) is 9.90 Å². The summed E-state index contributed by atoms with van der Waals surface area (Å²) >= 11 is 0. The third-order valence-corrected chi connectivity index (χ3v) is 10.2. The normalized spacial score (nSPS) is 35.2. The second kappa shape index (κ2) is 11.0. The van der Waals surface area contributed by atoms with Crippen LogP contribution in [0.3, 0.4) is 0 Å². The summed E-state index contributed by atoms with van der Waals surface area (Å²) in [5.74, 6) is 3.28. The molecule has 2 aromatic rings. The van der Waals surface area contributed by atoms with Gasteiger partial charge in [-0.2, -0.15) is 15.0 Å². The van der Waals surface area contributed by atoms with E-state index in [1.54, 1.807) is 18.2 Å². The van der Waals surface area contributed by atoms with Crippen molar-refractivity contribution >= 4 is 35.1 Å². The molecule has 1 aromatic carbocycles. The molecular weight excluding hydrogens is 546 g/mol. The summed E-state index contributed by atoms with van der Waals surface area (Å²) in [6.45, 7) is 2.31. The van der Waals surface area contributed by atoms with Crippen molar-refractivity contribution < 1.29 is 9.90 Å². The molecule has 1 amide bonds. The van der Waals surface area contributed by atoms with Crippen molar-refractivity contribution in [2.45, 2.75) is 75.5 Å². The molecule has 3 heterocycles. The standard InChI is InChI=1S/C30H45N11O2/c31-19-6-20(32)13-40(12-19)28-37-27(38-29(39-28)41-14-21(33)7-22(34)15-41)35-23-1-2-24(25(42)8-23)36-26(43)30-9-16-3-17(10-30)5-18(4-16)11-30/h1-2,8,16-22,42H,3-7,9-15,31-34H2,(H,36,43)(H,35,37,38,39). The molecule has 4 atom stereocenters. The van der Waals surface area contributed by atoms with Gasteiger partial charge in [-0.15, -0.1) is 0 Å². The molecule has 232 valence electrons. The van der Waals surface area contributed by atoms with Crippen LogP contribution in [-0.4, -0.2) is 76.3 Å². The van der Waals surface area contributed by atoms with E-state index in [1.165, 1.54) is 19.3 Å². The van der Waals surface area contributed by atoms with Crippen molar-refractivity contribution in [2.75, 3.05) is 46.6 Å². The molecule has 11 N–H and O–H groups in total. The maximum atomic E-state index is 13.6. The van der Waals surface area contributed by atoms with Gasteiger partial charge >= 0.3 is 0 Å². The van der Waals surface area contributed by atoms with Crippen LogP contribution in [0.2, 0.25) is 0 Å². The second-order valence-electron chi connectivity index (χ2n) is 14.1. The number of hydrogen-bond acceptors (Lipinski definition) is 12. The summed E-state index contributed by atoms with van der Waals surface area (Å²) in [7, 11) is 0. The molecule has 8 rings (SSSR count). The molecule has 43 heavy (non-hydrogen) atoms. The first-order valence-electron chi connectivity index (χ1n) is 15.8. The number of hydrogen-bond donors (Lipinski definition) is 7. The molecule has 0 spiro atoms. The molecule has 4 unspecified atom stereocenters. The maximum absolute atomic E-state index is 13.6. The van der Waals surface area contributed by atoms with Crippen molar-refractivity contribution in [3.63, 3.8) is 0 Å². The Morgan fingerprint density at radius 2 is 1.26 bits per heavy atom. The minimum Gasteiger partial charge on any atom is -0.506 e. The third-order valence-electron chi connectivity index (χ3n) is 10.2. The number of amides is 1. The minimum absolute atomic E-state index is 0.0152. The number of rotatable bonds is 6. The van der Waals surface area contributed by atoms with Gasteiger partial charge < -0.3 is 48.5 Å². The molecule has 6 fully saturated rings. The number of phenolic OH excluding ortho intramolecular Hbond substituents is 1. The van der Waals surface area contributed by atoms with Crippen molar-refractivity contribution in [1.82, 2.24) is 15.0 Å². The van der Waals surface area contributed by atoms with Crippen LogP contribution in [-0.2, 0) is 4.79 Å². The largest absolute Gasteiger partial charge is 0.506 e. The number of aromatic hydroxyl groups is 1. The molecule has 13 nitrogen and oxygen atoms in total. The molecule has 2 aliphatic heterocycles. The fraction of sp³-hybridized carbons (Fsp3) is 0.667. The Balaban J connectivity index is 1.11. The smallest absolute Gasteiger partial charge is 0.233 e. The number of benzene rings is 1. The number of nitrogens with zero attached hydrogens (tertiary/aromatic N) is 5. The molecule has 4 aliphatic carbocycles. The maximum Gasteiger partial charge on any atom is 0.233 e. The molecule has 1 aromatic heterocycles. The predicted octanol–water partition coefficient (Wildman–Crippen LogP) is 1.21. The van der Waals surface area contributed by atoms with Gasteiger partial charge in [0, 0.05) is 62.1 Å². The highest BCUT2D eigenvalue weighted by Crippen LogP contribution is 2.60. The fourth-order valence-electron chi connectivity index (χ4n) is 8.86. The minimum atomic E-state index is -0.297. The van der Waals surface area contributed by atoms with E-state index in [2.05, 4.69) is 10.6 Å². The monoisotopic (exact) mass is 591 g/mol. The highest BCUT2D eigenvalue weighted by Gasteiger charge is 2.54. The Kier molecular flexibility index (Phi) is 7.31. The van der Waals surface area contributed by atoms with Crippen molar-refractivity contribution in [2.24, 2.45) is 46.1 Å². The quantitative estimate of drug-likeness (QED) is 0.236. The fourth-order valence-corrected chi connectivity index (χ4v) is 8.86. The Labute approximate surface area is 252 Å². The molecule has 4 saturated carbocycles. The zero-order valence-corrected chi connectivity index (χ0v) is 24.7. The van der Waals surface area contributed by atoms with Crippen LogP contribution in [0, 0.1) is 23.2 Å². The lowest BCUT2D eigenvalue weighted by molar-refractivity contribution is -0.140. The van der Waals surface area contributed by atoms with E-state index in [4.69, 9.17) is 37.9 Å². The first-order valence-corrected chi connectivity index (χ1v) is 15.8. The van der Waals surface area contributed by atoms with Gasteiger partial charge in [0.25, 0.3) is 0 Å². The van der Waals surface area contributed by atoms with E-state index >= 15 is 0 Å². The van der Waals surface area contributed by atoms with Crippen LogP contribution < -0.4 is 43.4 Å². The van der Waals surface area contributed by atoms with Crippen LogP contribution in [0.1, 0.15) is 51.4 Å². The Hall–Kier alpha value is -3.26. The summed E-state index contributed by atoms with van der Waals surface area (Å²) in [5.41, 5.74) is 25.8. The topological polar surface area (TPSA) is 211 Å². The van der Waals surface area contributed by atoms with Crippen molar-refractivity contribution in [3.8, 4) is 5.75 Å². The average molecular weight is 592 g/mol. The number of phenols is 1. The summed E-state index contributed by atoms with van der Waals surface area (Å²) in [6, 6.07) is 4.76. The van der Waals surface area contributed by atoms with E-state index in [1.807, 2.05) is 9.80 Å². The predicted molar refractivity (Wildman–Crippen MR) is 166 cm³/mol. The van der Waals surface area contributed by atoms with Crippen LogP contribution in [0.4, 0.5) is 29.2 Å². The zero-order chi connectivity index (χ0) is 29.9. The SMILES string of the molecule is NC1CC(N)CN(c2nc(Nc3ccc(NC(=O)C45CC6CC(CC(C6)C4)C5)c(O)c3)nc(N3CC(N)CC(N)C3)n2)C1. The summed E-state index contributed by atoms with van der Waals surface area (Å²) < 4.78 is 0. The number of nitrogens with two attached hydrogens (primary N) is 4. The van der Waals surface area contributed by atoms with Gasteiger partial charge in [0.05, 0.1) is 11.1 Å². The highest BCUT2D eigenvalue weighted by molar-refractivity contribution is 5.97. The van der Waals surface area contributed by atoms with Gasteiger partial charge in [0.2, 0.25) is 23.8 Å². The van der Waals surface area contributed by atoms with Crippen LogP contribution in [0.25, 0.3) is 0 Å². The van der Waals surface area contributed by atoms with Crippen LogP contribution >= 0.6 is 0 Å². The molecule has 4 bridgehead atoms. The summed E-state index contributed by atoms with van der Waals surface area (Å²) in [6.07, 6.45) is 8.19. The van der Waals surface area contributed by atoms with Gasteiger partial charge in [0.15, 0.2) is 0 Å². The van der Waals surface area contributed by atoms with E-state index in [-0.39, 0.29) is 41.2 Å². The van der Waals surface area contributed by atoms with Crippen LogP contribution in [0.15, 0.2) is 18.2 Å². The number of aromatic nitrogens is 3. The Morgan fingerprint density at radius 3 is 1.72 bits per heavy atom. The number of piperidine rings is 2. The lowest BCUT2D eigenvalue weighted by Gasteiger charge is -2.55. The van der Waals surface area contributed by atoms with E-state index < -0.39 is 0 Å². The average Bonchev–Trinajstić information content (AvgIpc) is 2.92. The highest BCUT2D eigenvalue weighted by atomic mass is 16.3. The number of carbonyl (C=O) groups is 1. The molecular formula is C30H45N11O2. The van der Waals surface area contributed by atoms with E-state index in [0.717, 1.165) is 32.1 Å². The van der Waals surface area contributed by atoms with Crippen LogP contribution in [0.5, 0.6) is 5.75 Å². The van der Waals surface area contributed by atoms with Gasteiger partial charge in [0.1, 0.15) is 5.75 Å². The third kappa shape index (κ3) is 5.83. The first kappa shape index (κ1) is 28.5. The van der Waals surface area contributed by atoms with Gasteiger partial charge in [-0.3, -0.25) is 4.79 Å². The Morgan fingerprint density at radius 1 is 0.767 bits per heavy atom. The van der Waals surface area contributed by atoms with Gasteiger partial charge in [-0.1, -0.05) is 0 Å². The molecule has 6 aliphatic rings. The number of nitrogens with one attached hydrogen (secondary N) is 2. The number of anilines is 5. The van der Waals surface area contributed by atoms with Crippen molar-refractivity contribution in [1.29, 1.82) is 0 Å². The number of carbonyl (C=O) groups excluding carboxylic acids is 1. The lowest BCUT2D eigenvalue weighted by atomic mass is 9.49. The zero-order valence-electron chi connectivity index (χ0n) is 24.7. The molecule has 2 saturated heterocycles. The summed E-state index contributed by atoms with van der Waals surface area (Å²) in [5, 5.41) is 17.2. The lowest BCUT2D eigenvalue weighted by Crippen LogP contribution is -2.54. The van der Waals surface area contributed by atoms with E-state index in [0.29, 0.717) is 73.2 Å².